The number of ether oxygens (including phenoxy) is 1. The molecule has 0 aliphatic carbocycles. The summed E-state index contributed by atoms with van der Waals surface area (Å²) in [4.78, 5) is 15.7. The number of nitriles is 1. The molecule has 0 N–H and O–H groups in total. The molecule has 0 spiro atoms. The summed E-state index contributed by atoms with van der Waals surface area (Å²) in [5.74, 6) is 0.0290. The molecule has 2 aromatic rings. The van der Waals surface area contributed by atoms with Crippen molar-refractivity contribution in [3.05, 3.63) is 59.4 Å². The second-order valence-electron chi connectivity index (χ2n) is 6.11. The van der Waals surface area contributed by atoms with Gasteiger partial charge in [0.2, 0.25) is 0 Å². The maximum absolute atomic E-state index is 14.3. The molecule has 5 nitrogen and oxygen atoms in total. The molecule has 0 bridgehead atoms. The lowest BCUT2D eigenvalue weighted by molar-refractivity contribution is -0.136. The predicted octanol–water partition coefficient (Wildman–Crippen LogP) is 2.55. The molecule has 3 rings (SSSR count). The number of halogens is 1. The lowest BCUT2D eigenvalue weighted by Gasteiger charge is -2.36. The first-order valence-electron chi connectivity index (χ1n) is 7.90. The molecule has 0 unspecified atom stereocenters. The van der Waals surface area contributed by atoms with Gasteiger partial charge in [0.15, 0.2) is 6.10 Å². The summed E-state index contributed by atoms with van der Waals surface area (Å²) < 4.78 is 20.1. The third-order valence-electron chi connectivity index (χ3n) is 4.12. The molecule has 128 valence electrons. The number of hydrogen-bond acceptors (Lipinski definition) is 4. The number of likely N-dealkylation sites (N-methyl/N-ethyl adjacent to an activating group) is 1. The second kappa shape index (κ2) is 6.81. The summed E-state index contributed by atoms with van der Waals surface area (Å²) in [6.45, 7) is 0.614. The number of rotatable bonds is 3. The fraction of sp³-hybridized carbons (Fsp3) is 0.263. The number of amides is 1. The van der Waals surface area contributed by atoms with Gasteiger partial charge in [-0.15, -0.1) is 0 Å². The number of benzene rings is 2. The van der Waals surface area contributed by atoms with Gasteiger partial charge in [0.05, 0.1) is 23.9 Å². The molecule has 1 heterocycles. The van der Waals surface area contributed by atoms with Crippen LogP contribution in [0.5, 0.6) is 5.75 Å². The number of para-hydroxylation sites is 2. The minimum absolute atomic E-state index is 0.139. The zero-order chi connectivity index (χ0) is 18.0. The number of carbonyl (C=O) groups excluding carboxylic acids is 1. The SMILES string of the molecule is CN(C)C(=O)[C@@H]1CN(Cc2ccc(C#N)cc2F)c2ccccc2O1. The molecule has 1 atom stereocenters. The number of nitrogens with zero attached hydrogens (tertiary/aromatic N) is 3. The average molecular weight is 339 g/mol. The van der Waals surface area contributed by atoms with Gasteiger partial charge < -0.3 is 14.5 Å². The van der Waals surface area contributed by atoms with Crippen molar-refractivity contribution >= 4 is 11.6 Å². The van der Waals surface area contributed by atoms with Crippen molar-refractivity contribution in [1.82, 2.24) is 4.90 Å². The lowest BCUT2D eigenvalue weighted by Crippen LogP contribution is -2.48. The van der Waals surface area contributed by atoms with Crippen molar-refractivity contribution in [1.29, 1.82) is 5.26 Å². The van der Waals surface area contributed by atoms with Gasteiger partial charge in [-0.2, -0.15) is 5.26 Å². The van der Waals surface area contributed by atoms with E-state index < -0.39 is 11.9 Å². The van der Waals surface area contributed by atoms with Crippen molar-refractivity contribution < 1.29 is 13.9 Å². The van der Waals surface area contributed by atoms with E-state index in [0.29, 0.717) is 17.9 Å². The van der Waals surface area contributed by atoms with Crippen molar-refractivity contribution in [3.63, 3.8) is 0 Å². The molecule has 1 aliphatic rings. The third kappa shape index (κ3) is 3.41. The summed E-state index contributed by atoms with van der Waals surface area (Å²) in [7, 11) is 3.35. The Hall–Kier alpha value is -3.07. The Labute approximate surface area is 145 Å². The fourth-order valence-electron chi connectivity index (χ4n) is 2.82. The van der Waals surface area contributed by atoms with Crippen molar-refractivity contribution in [2.24, 2.45) is 0 Å². The molecule has 0 saturated heterocycles. The highest BCUT2D eigenvalue weighted by Gasteiger charge is 2.31. The van der Waals surface area contributed by atoms with Crippen LogP contribution in [0.4, 0.5) is 10.1 Å². The Morgan fingerprint density at radius 1 is 1.36 bits per heavy atom. The number of fused-ring (bicyclic) bond motifs is 1. The van der Waals surface area contributed by atoms with E-state index in [9.17, 15) is 9.18 Å². The van der Waals surface area contributed by atoms with Gasteiger partial charge in [0.25, 0.3) is 5.91 Å². The molecule has 0 fully saturated rings. The van der Waals surface area contributed by atoms with Crippen LogP contribution in [0.1, 0.15) is 11.1 Å². The van der Waals surface area contributed by atoms with Crippen LogP contribution in [0.3, 0.4) is 0 Å². The quantitative estimate of drug-likeness (QED) is 0.862. The second-order valence-corrected chi connectivity index (χ2v) is 6.11. The standard InChI is InChI=1S/C19H18FN3O2/c1-22(2)19(24)18-12-23(16-5-3-4-6-17(16)25-18)11-14-8-7-13(10-21)9-15(14)20/h3-9,18H,11-12H2,1-2H3/t18-/m0/s1. The van der Waals surface area contributed by atoms with E-state index in [4.69, 9.17) is 10.00 Å². The first-order chi connectivity index (χ1) is 12.0. The van der Waals surface area contributed by atoms with Crippen molar-refractivity contribution in [2.75, 3.05) is 25.5 Å². The first-order valence-corrected chi connectivity index (χ1v) is 7.90. The van der Waals surface area contributed by atoms with Gasteiger partial charge in [-0.25, -0.2) is 4.39 Å². The van der Waals surface area contributed by atoms with E-state index in [2.05, 4.69) is 0 Å². The summed E-state index contributed by atoms with van der Waals surface area (Å²) >= 11 is 0. The van der Waals surface area contributed by atoms with Crippen LogP contribution >= 0.6 is 0 Å². The zero-order valence-electron chi connectivity index (χ0n) is 14.1. The van der Waals surface area contributed by atoms with Gasteiger partial charge >= 0.3 is 0 Å². The summed E-state index contributed by atoms with van der Waals surface area (Å²) in [6.07, 6.45) is -0.647. The first kappa shape index (κ1) is 16.8. The Morgan fingerprint density at radius 3 is 2.80 bits per heavy atom. The smallest absolute Gasteiger partial charge is 0.265 e. The molecule has 25 heavy (non-hydrogen) atoms. The van der Waals surface area contributed by atoms with Gasteiger partial charge in [0.1, 0.15) is 11.6 Å². The molecule has 1 aliphatic heterocycles. The van der Waals surface area contributed by atoms with Gasteiger partial charge in [-0.3, -0.25) is 4.79 Å². The van der Waals surface area contributed by atoms with E-state index >= 15 is 0 Å². The average Bonchev–Trinajstić information content (AvgIpc) is 2.62. The molecule has 0 aromatic heterocycles. The monoisotopic (exact) mass is 339 g/mol. The Bertz CT molecular complexity index is 845. The van der Waals surface area contributed by atoms with Crippen molar-refractivity contribution in [2.45, 2.75) is 12.6 Å². The maximum Gasteiger partial charge on any atom is 0.265 e. The normalized spacial score (nSPS) is 15.8. The van der Waals surface area contributed by atoms with Gasteiger partial charge in [-0.05, 0) is 24.3 Å². The number of carbonyl (C=O) groups is 1. The van der Waals surface area contributed by atoms with Crippen LogP contribution in [0.2, 0.25) is 0 Å². The van der Waals surface area contributed by atoms with Crippen molar-refractivity contribution in [3.8, 4) is 11.8 Å². The van der Waals surface area contributed by atoms with Gasteiger partial charge in [0, 0.05) is 26.2 Å². The Balaban J connectivity index is 1.91. The highest BCUT2D eigenvalue weighted by Crippen LogP contribution is 2.34. The number of hydrogen-bond donors (Lipinski definition) is 0. The largest absolute Gasteiger partial charge is 0.477 e. The van der Waals surface area contributed by atoms with Gasteiger partial charge in [-0.1, -0.05) is 18.2 Å². The maximum atomic E-state index is 14.3. The van der Waals surface area contributed by atoms with E-state index in [0.717, 1.165) is 5.69 Å². The number of anilines is 1. The predicted molar refractivity (Wildman–Crippen MR) is 91.7 cm³/mol. The molecule has 1 amide bonds. The van der Waals surface area contributed by atoms with Crippen LogP contribution in [0.25, 0.3) is 0 Å². The van der Waals surface area contributed by atoms with E-state index in [1.54, 1.807) is 32.3 Å². The minimum Gasteiger partial charge on any atom is -0.477 e. The Morgan fingerprint density at radius 2 is 2.12 bits per heavy atom. The topological polar surface area (TPSA) is 56.6 Å². The molecule has 6 heteroatoms. The highest BCUT2D eigenvalue weighted by molar-refractivity contribution is 5.83. The third-order valence-corrected chi connectivity index (χ3v) is 4.12. The molecular weight excluding hydrogens is 321 g/mol. The van der Waals surface area contributed by atoms with Crippen LogP contribution in [0, 0.1) is 17.1 Å². The molecule has 0 radical (unpaired) electrons. The van der Waals surface area contributed by atoms with E-state index in [-0.39, 0.29) is 18.0 Å². The highest BCUT2D eigenvalue weighted by atomic mass is 19.1. The van der Waals surface area contributed by atoms with Crippen LogP contribution in [0.15, 0.2) is 42.5 Å². The summed E-state index contributed by atoms with van der Waals surface area (Å²) in [5, 5.41) is 8.87. The summed E-state index contributed by atoms with van der Waals surface area (Å²) in [5.41, 5.74) is 1.56. The molecule has 2 aromatic carbocycles. The minimum atomic E-state index is -0.647. The fourth-order valence-corrected chi connectivity index (χ4v) is 2.82. The zero-order valence-corrected chi connectivity index (χ0v) is 14.1. The van der Waals surface area contributed by atoms with E-state index in [1.165, 1.54) is 11.0 Å². The van der Waals surface area contributed by atoms with E-state index in [1.807, 2.05) is 29.2 Å². The molecular formula is C19H18FN3O2. The Kier molecular flexibility index (Phi) is 4.57. The molecule has 0 saturated carbocycles. The van der Waals surface area contributed by atoms with Crippen LogP contribution in [-0.2, 0) is 11.3 Å². The van der Waals surface area contributed by atoms with Crippen LogP contribution in [-0.4, -0.2) is 37.6 Å². The summed E-state index contributed by atoms with van der Waals surface area (Å²) in [6, 6.07) is 13.7. The van der Waals surface area contributed by atoms with Crippen LogP contribution < -0.4 is 9.64 Å². The lowest BCUT2D eigenvalue weighted by atomic mass is 10.1.